The summed E-state index contributed by atoms with van der Waals surface area (Å²) < 4.78 is 0. The summed E-state index contributed by atoms with van der Waals surface area (Å²) in [5, 5.41) is 20.3. The minimum absolute atomic E-state index is 0.0000746. The number of carboxylic acid groups (broad SMARTS) is 1. The summed E-state index contributed by atoms with van der Waals surface area (Å²) in [6.07, 6.45) is 12.7. The fourth-order valence-electron chi connectivity index (χ4n) is 8.65. The van der Waals surface area contributed by atoms with Crippen LogP contribution in [0.3, 0.4) is 0 Å². The molecule has 0 saturated heterocycles. The quantitative estimate of drug-likeness (QED) is 0.466. The van der Waals surface area contributed by atoms with Crippen molar-refractivity contribution in [3.8, 4) is 0 Å². The molecule has 3 fully saturated rings. The summed E-state index contributed by atoms with van der Waals surface area (Å²) in [5.74, 6) is -0.734. The second-order valence-electron chi connectivity index (χ2n) is 12.9. The number of ketones is 1. The van der Waals surface area contributed by atoms with Crippen LogP contribution in [0.25, 0.3) is 0 Å². The molecule has 5 aliphatic rings. The summed E-state index contributed by atoms with van der Waals surface area (Å²) >= 11 is 0. The van der Waals surface area contributed by atoms with Crippen LogP contribution in [0.5, 0.6) is 0 Å². The Morgan fingerprint density at radius 1 is 0.970 bits per heavy atom. The molecule has 6 unspecified atom stereocenters. The molecular weight excluding hydrogens is 412 g/mol. The van der Waals surface area contributed by atoms with Crippen molar-refractivity contribution in [3.05, 3.63) is 46.3 Å². The first-order chi connectivity index (χ1) is 15.2. The number of carboxylic acids is 1. The molecule has 0 aliphatic heterocycles. The van der Waals surface area contributed by atoms with Gasteiger partial charge in [-0.25, -0.2) is 0 Å². The van der Waals surface area contributed by atoms with Gasteiger partial charge >= 0.3 is 5.97 Å². The number of aliphatic hydroxyl groups excluding tert-OH is 1. The van der Waals surface area contributed by atoms with E-state index >= 15 is 0 Å². The number of carbonyl (C=O) groups excluding carboxylic acids is 1. The second kappa shape index (κ2) is 6.52. The lowest BCUT2D eigenvalue weighted by molar-refractivity contribution is -0.178. The summed E-state index contributed by atoms with van der Waals surface area (Å²) in [6.45, 7) is 13.3. The molecule has 178 valence electrons. The van der Waals surface area contributed by atoms with Crippen LogP contribution >= 0.6 is 0 Å². The molecule has 0 aromatic rings. The van der Waals surface area contributed by atoms with Crippen LogP contribution in [-0.4, -0.2) is 22.0 Å². The molecule has 2 N–H and O–H groups in total. The monoisotopic (exact) mass is 450 g/mol. The number of fused-ring (bicyclic) bond motifs is 7. The maximum Gasteiger partial charge on any atom is 0.309 e. The Kier molecular flexibility index (Phi) is 4.48. The van der Waals surface area contributed by atoms with Crippen LogP contribution in [0.4, 0.5) is 0 Å². The summed E-state index contributed by atoms with van der Waals surface area (Å²) in [6, 6.07) is 0. The van der Waals surface area contributed by atoms with Crippen molar-refractivity contribution in [2.75, 3.05) is 0 Å². The van der Waals surface area contributed by atoms with Gasteiger partial charge in [0.25, 0.3) is 0 Å². The van der Waals surface area contributed by atoms with Crippen molar-refractivity contribution in [1.82, 2.24) is 0 Å². The van der Waals surface area contributed by atoms with Gasteiger partial charge in [0.15, 0.2) is 5.76 Å². The third-order valence-corrected chi connectivity index (χ3v) is 11.4. The van der Waals surface area contributed by atoms with Gasteiger partial charge in [-0.2, -0.15) is 0 Å². The van der Waals surface area contributed by atoms with E-state index in [1.165, 1.54) is 5.57 Å². The van der Waals surface area contributed by atoms with Crippen molar-refractivity contribution in [1.29, 1.82) is 0 Å². The highest BCUT2D eigenvalue weighted by molar-refractivity contribution is 6.06. The fraction of sp³-hybridized carbons (Fsp3) is 0.655. The molecule has 0 spiro atoms. The van der Waals surface area contributed by atoms with E-state index in [2.05, 4.69) is 39.8 Å². The van der Waals surface area contributed by atoms with Gasteiger partial charge in [0.2, 0.25) is 5.78 Å². The van der Waals surface area contributed by atoms with Gasteiger partial charge in [0, 0.05) is 11.0 Å². The Hall–Kier alpha value is -2.10. The molecular formula is C29H38O4. The molecule has 33 heavy (non-hydrogen) atoms. The standard InChI is InChI=1S/C29H38O4/c1-17-18-7-8-21-27(4,19(18)15-20(30)23(17)31)12-14-29(6)22-16-26(3,24(32)33)10-9-25(22,2)11-13-28(21,29)5/h7-8,15,22,31H,9-14,16H2,1-6H3,(H,32,33). The first kappa shape index (κ1) is 22.7. The fourth-order valence-corrected chi connectivity index (χ4v) is 8.65. The summed E-state index contributed by atoms with van der Waals surface area (Å²) in [4.78, 5) is 24.8. The largest absolute Gasteiger partial charge is 0.504 e. The van der Waals surface area contributed by atoms with Gasteiger partial charge in [-0.3, -0.25) is 9.59 Å². The summed E-state index contributed by atoms with van der Waals surface area (Å²) in [5.41, 5.74) is 3.33. The van der Waals surface area contributed by atoms with Crippen LogP contribution in [0.2, 0.25) is 0 Å². The van der Waals surface area contributed by atoms with Crippen molar-refractivity contribution in [2.45, 2.75) is 86.5 Å². The number of hydrogen-bond donors (Lipinski definition) is 2. The Labute approximate surface area is 197 Å². The molecule has 5 rings (SSSR count). The molecule has 0 radical (unpaired) electrons. The first-order valence-electron chi connectivity index (χ1n) is 12.6. The average Bonchev–Trinajstić information content (AvgIpc) is 2.75. The van der Waals surface area contributed by atoms with Crippen LogP contribution < -0.4 is 0 Å². The number of carbonyl (C=O) groups is 2. The van der Waals surface area contributed by atoms with Crippen molar-refractivity contribution in [3.63, 3.8) is 0 Å². The smallest absolute Gasteiger partial charge is 0.309 e. The lowest BCUT2D eigenvalue weighted by Crippen LogP contribution is -2.62. The lowest BCUT2D eigenvalue weighted by atomic mass is 9.34. The maximum atomic E-state index is 12.6. The molecule has 0 heterocycles. The van der Waals surface area contributed by atoms with Crippen molar-refractivity contribution in [2.24, 2.45) is 33.0 Å². The zero-order valence-corrected chi connectivity index (χ0v) is 21.0. The number of allylic oxidation sites excluding steroid dienone is 7. The van der Waals surface area contributed by atoms with E-state index in [1.807, 2.05) is 13.8 Å². The zero-order chi connectivity index (χ0) is 24.2. The predicted octanol–water partition coefficient (Wildman–Crippen LogP) is 6.70. The minimum Gasteiger partial charge on any atom is -0.504 e. The van der Waals surface area contributed by atoms with E-state index in [9.17, 15) is 19.8 Å². The van der Waals surface area contributed by atoms with E-state index in [4.69, 9.17) is 0 Å². The normalized spacial score (nSPS) is 46.8. The lowest BCUT2D eigenvalue weighted by Gasteiger charge is -2.70. The number of aliphatic hydroxyl groups is 1. The molecule has 4 heteroatoms. The Morgan fingerprint density at radius 2 is 1.64 bits per heavy atom. The van der Waals surface area contributed by atoms with Gasteiger partial charge in [-0.05, 0) is 98.2 Å². The SMILES string of the molecule is CC1=C(O)C(=O)C=C2C1=CC=C1C2(C)CCC2(C)C3CC(C)(C(=O)O)CCC3(C)CCC12C. The van der Waals surface area contributed by atoms with Crippen molar-refractivity contribution < 1.29 is 19.8 Å². The molecule has 0 amide bonds. The maximum absolute atomic E-state index is 12.6. The van der Waals surface area contributed by atoms with E-state index in [1.54, 1.807) is 6.08 Å². The molecule has 4 nitrogen and oxygen atoms in total. The molecule has 0 aromatic heterocycles. The topological polar surface area (TPSA) is 74.6 Å². The number of rotatable bonds is 1. The average molecular weight is 451 g/mol. The van der Waals surface area contributed by atoms with Crippen molar-refractivity contribution >= 4 is 11.8 Å². The molecule has 3 saturated carbocycles. The molecule has 0 bridgehead atoms. The van der Waals surface area contributed by atoms with Gasteiger partial charge in [0.1, 0.15) is 0 Å². The molecule has 5 aliphatic carbocycles. The predicted molar refractivity (Wildman–Crippen MR) is 129 cm³/mol. The van der Waals surface area contributed by atoms with Gasteiger partial charge in [0.05, 0.1) is 5.41 Å². The van der Waals surface area contributed by atoms with Crippen LogP contribution in [0, 0.1) is 33.0 Å². The van der Waals surface area contributed by atoms with E-state index in [-0.39, 0.29) is 33.2 Å². The van der Waals surface area contributed by atoms with Gasteiger partial charge in [-0.15, -0.1) is 0 Å². The van der Waals surface area contributed by atoms with E-state index < -0.39 is 11.4 Å². The van der Waals surface area contributed by atoms with E-state index in [0.717, 1.165) is 56.1 Å². The molecule has 0 aromatic carbocycles. The van der Waals surface area contributed by atoms with Gasteiger partial charge < -0.3 is 10.2 Å². The third kappa shape index (κ3) is 2.64. The van der Waals surface area contributed by atoms with Crippen LogP contribution in [0.1, 0.15) is 86.5 Å². The third-order valence-electron chi connectivity index (χ3n) is 11.4. The molecule has 6 atom stereocenters. The highest BCUT2D eigenvalue weighted by atomic mass is 16.4. The number of hydrogen-bond acceptors (Lipinski definition) is 3. The second-order valence-corrected chi connectivity index (χ2v) is 12.9. The van der Waals surface area contributed by atoms with Crippen LogP contribution in [0.15, 0.2) is 46.3 Å². The first-order valence-corrected chi connectivity index (χ1v) is 12.6. The highest BCUT2D eigenvalue weighted by Crippen LogP contribution is 2.75. The summed E-state index contributed by atoms with van der Waals surface area (Å²) in [7, 11) is 0. The Morgan fingerprint density at radius 3 is 2.30 bits per heavy atom. The van der Waals surface area contributed by atoms with E-state index in [0.29, 0.717) is 11.5 Å². The Balaban J connectivity index is 1.64. The number of aliphatic carboxylic acids is 1. The zero-order valence-electron chi connectivity index (χ0n) is 21.0. The minimum atomic E-state index is -0.655. The van der Waals surface area contributed by atoms with Crippen LogP contribution in [-0.2, 0) is 9.59 Å². The highest BCUT2D eigenvalue weighted by Gasteiger charge is 2.67. The Bertz CT molecular complexity index is 1100. The van der Waals surface area contributed by atoms with Gasteiger partial charge in [-0.1, -0.05) is 45.4 Å².